The van der Waals surface area contributed by atoms with Crippen molar-refractivity contribution in [2.24, 2.45) is 5.92 Å². The van der Waals surface area contributed by atoms with E-state index in [1.807, 2.05) is 0 Å². The monoisotopic (exact) mass is 137 g/mol. The molecule has 42 valence electrons. The van der Waals surface area contributed by atoms with Gasteiger partial charge in [-0.1, -0.05) is 13.8 Å². The first kappa shape index (κ1) is 10.3. The molecule has 7 heavy (non-hydrogen) atoms. The maximum atomic E-state index is 8.50. The van der Waals surface area contributed by atoms with Crippen molar-refractivity contribution in [3.8, 4) is 0 Å². The summed E-state index contributed by atoms with van der Waals surface area (Å²) in [6.45, 7) is 7.75. The van der Waals surface area contributed by atoms with Gasteiger partial charge in [-0.15, -0.1) is 0 Å². The molecule has 0 saturated carbocycles. The SMILES string of the molecule is [CH2-]C(C)C.[O]=[Ti]=[O]. The summed E-state index contributed by atoms with van der Waals surface area (Å²) in [4.78, 5) is 0. The van der Waals surface area contributed by atoms with Crippen molar-refractivity contribution in [1.29, 1.82) is 0 Å². The molecule has 0 spiro atoms. The van der Waals surface area contributed by atoms with E-state index in [0.717, 1.165) is 0 Å². The topological polar surface area (TPSA) is 34.1 Å². The molecule has 0 aromatic carbocycles. The zero-order valence-corrected chi connectivity index (χ0v) is 6.16. The Morgan fingerprint density at radius 2 is 1.43 bits per heavy atom. The molecule has 0 unspecified atom stereocenters. The summed E-state index contributed by atoms with van der Waals surface area (Å²) in [5.41, 5.74) is 0. The fourth-order valence-corrected chi connectivity index (χ4v) is 0. The van der Waals surface area contributed by atoms with E-state index in [1.54, 1.807) is 0 Å². The van der Waals surface area contributed by atoms with E-state index in [0.29, 0.717) is 5.92 Å². The normalized spacial score (nSPS) is 6.29. The first-order chi connectivity index (χ1) is 3.15. The van der Waals surface area contributed by atoms with E-state index >= 15 is 0 Å². The van der Waals surface area contributed by atoms with Crippen LogP contribution in [0.25, 0.3) is 0 Å². The van der Waals surface area contributed by atoms with Crippen LogP contribution in [0, 0.1) is 12.8 Å². The van der Waals surface area contributed by atoms with E-state index < -0.39 is 19.1 Å². The molecule has 0 heterocycles. The molecule has 0 aromatic rings. The molecule has 0 aliphatic carbocycles. The zero-order chi connectivity index (χ0) is 6.28. The van der Waals surface area contributed by atoms with Gasteiger partial charge in [-0.2, -0.15) is 5.92 Å². The van der Waals surface area contributed by atoms with Crippen LogP contribution in [0.1, 0.15) is 13.8 Å². The van der Waals surface area contributed by atoms with Gasteiger partial charge < -0.3 is 6.92 Å². The Hall–Kier alpha value is 0.314. The van der Waals surface area contributed by atoms with Crippen LogP contribution in [0.2, 0.25) is 0 Å². The third kappa shape index (κ3) is 1190. The molecule has 0 aliphatic heterocycles. The first-order valence-corrected chi connectivity index (χ1v) is 3.25. The van der Waals surface area contributed by atoms with E-state index in [4.69, 9.17) is 6.65 Å². The molecular formula is C4H9O2Ti-. The fraction of sp³-hybridized carbons (Fsp3) is 0.750. The Labute approximate surface area is 52.9 Å². The van der Waals surface area contributed by atoms with Crippen LogP contribution >= 0.6 is 0 Å². The Bertz CT molecular complexity index is 52.0. The Kier molecular flexibility index (Phi) is 14.1. The van der Waals surface area contributed by atoms with Crippen LogP contribution in [0.5, 0.6) is 0 Å². The number of rotatable bonds is 0. The molecule has 2 nitrogen and oxygen atoms in total. The van der Waals surface area contributed by atoms with Crippen molar-refractivity contribution < 1.29 is 25.7 Å². The summed E-state index contributed by atoms with van der Waals surface area (Å²) < 4.78 is 17.0. The third-order valence-corrected chi connectivity index (χ3v) is 0. The molecule has 0 atom stereocenters. The first-order valence-electron chi connectivity index (χ1n) is 1.97. The standard InChI is InChI=1S/C4H9.2O.Ti/c1-4(2)3;;;/h4H,1H2,2-3H3;;;/q-1;;;. The van der Waals surface area contributed by atoms with E-state index in [-0.39, 0.29) is 0 Å². The maximum absolute atomic E-state index is 8.50. The molecule has 3 heteroatoms. The average molecular weight is 137 g/mol. The van der Waals surface area contributed by atoms with Gasteiger partial charge in [0.15, 0.2) is 0 Å². The molecule has 0 saturated heterocycles. The minimum atomic E-state index is -2.00. The summed E-state index contributed by atoms with van der Waals surface area (Å²) in [6, 6.07) is 0. The van der Waals surface area contributed by atoms with Gasteiger partial charge in [0.2, 0.25) is 0 Å². The molecule has 0 rings (SSSR count). The summed E-state index contributed by atoms with van der Waals surface area (Å²) in [7, 11) is 0. The third-order valence-electron chi connectivity index (χ3n) is 0. The van der Waals surface area contributed by atoms with Crippen molar-refractivity contribution >= 4 is 0 Å². The molecular weight excluding hydrogens is 128 g/mol. The van der Waals surface area contributed by atoms with Crippen LogP contribution in [0.3, 0.4) is 0 Å². The molecule has 0 radical (unpaired) electrons. The van der Waals surface area contributed by atoms with Crippen molar-refractivity contribution in [3.05, 3.63) is 6.92 Å². The van der Waals surface area contributed by atoms with Crippen LogP contribution in [-0.2, 0) is 25.7 Å². The van der Waals surface area contributed by atoms with Gasteiger partial charge in [0.25, 0.3) is 0 Å². The second kappa shape index (κ2) is 9.58. The van der Waals surface area contributed by atoms with Crippen LogP contribution in [-0.4, -0.2) is 0 Å². The summed E-state index contributed by atoms with van der Waals surface area (Å²) >= 11 is -2.00. The van der Waals surface area contributed by atoms with Gasteiger partial charge in [0, 0.05) is 0 Å². The van der Waals surface area contributed by atoms with E-state index in [9.17, 15) is 0 Å². The molecule has 0 aromatic heterocycles. The predicted octanol–water partition coefficient (Wildman–Crippen LogP) is 1.24. The van der Waals surface area contributed by atoms with Crippen molar-refractivity contribution in [2.75, 3.05) is 0 Å². The molecule has 0 fully saturated rings. The van der Waals surface area contributed by atoms with E-state index in [1.165, 1.54) is 0 Å². The summed E-state index contributed by atoms with van der Waals surface area (Å²) in [5.74, 6) is 0.583. The van der Waals surface area contributed by atoms with Gasteiger partial charge in [-0.3, -0.25) is 0 Å². The van der Waals surface area contributed by atoms with Crippen molar-refractivity contribution in [2.45, 2.75) is 13.8 Å². The Morgan fingerprint density at radius 3 is 1.43 bits per heavy atom. The summed E-state index contributed by atoms with van der Waals surface area (Å²) in [6.07, 6.45) is 0. The zero-order valence-electron chi connectivity index (χ0n) is 4.60. The predicted molar refractivity (Wildman–Crippen MR) is 21.6 cm³/mol. The van der Waals surface area contributed by atoms with Crippen molar-refractivity contribution in [3.63, 3.8) is 0 Å². The van der Waals surface area contributed by atoms with Gasteiger partial charge in [0.1, 0.15) is 0 Å². The second-order valence-corrected chi connectivity index (χ2v) is 1.74. The summed E-state index contributed by atoms with van der Waals surface area (Å²) in [5, 5.41) is 0. The van der Waals surface area contributed by atoms with Gasteiger partial charge >= 0.3 is 25.7 Å². The van der Waals surface area contributed by atoms with Crippen molar-refractivity contribution in [1.82, 2.24) is 0 Å². The number of hydrogen-bond acceptors (Lipinski definition) is 2. The van der Waals surface area contributed by atoms with Gasteiger partial charge in [0.05, 0.1) is 0 Å². The minimum absolute atomic E-state index is 0.583. The van der Waals surface area contributed by atoms with E-state index in [2.05, 4.69) is 20.8 Å². The Morgan fingerprint density at radius 1 is 1.43 bits per heavy atom. The van der Waals surface area contributed by atoms with Crippen LogP contribution in [0.4, 0.5) is 0 Å². The van der Waals surface area contributed by atoms with Gasteiger partial charge in [-0.25, -0.2) is 0 Å². The number of hydrogen-bond donors (Lipinski definition) is 0. The average Bonchev–Trinajstić information content (AvgIpc) is 1.33. The Balaban J connectivity index is 0. The quantitative estimate of drug-likeness (QED) is 0.371. The van der Waals surface area contributed by atoms with Crippen LogP contribution < -0.4 is 0 Å². The molecule has 0 amide bonds. The van der Waals surface area contributed by atoms with Crippen LogP contribution in [0.15, 0.2) is 0 Å². The fourth-order valence-electron chi connectivity index (χ4n) is 0. The molecule has 0 aliphatic rings. The second-order valence-electron chi connectivity index (χ2n) is 1.48. The molecule has 0 N–H and O–H groups in total. The molecule has 0 bridgehead atoms. The van der Waals surface area contributed by atoms with Gasteiger partial charge in [-0.05, 0) is 0 Å².